The Kier molecular flexibility index (Phi) is 6.04. The molecule has 5 N–H and O–H groups in total. The van der Waals surface area contributed by atoms with E-state index < -0.39 is 54.6 Å². The van der Waals surface area contributed by atoms with Crippen LogP contribution in [-0.4, -0.2) is 86.8 Å². The van der Waals surface area contributed by atoms with Crippen molar-refractivity contribution in [1.82, 2.24) is 0 Å². The lowest BCUT2D eigenvalue weighted by molar-refractivity contribution is -0.333. The number of aliphatic hydroxyl groups excluding tert-OH is 5. The van der Waals surface area contributed by atoms with E-state index in [0.29, 0.717) is 12.8 Å². The highest BCUT2D eigenvalue weighted by Crippen LogP contribution is 2.39. The Balaban J connectivity index is 2.07. The maximum Gasteiger partial charge on any atom is 0.187 e. The van der Waals surface area contributed by atoms with Crippen molar-refractivity contribution < 1.29 is 39.7 Å². The number of hydrogen-bond donors (Lipinski definition) is 5. The molecule has 24 heavy (non-hydrogen) atoms. The summed E-state index contributed by atoms with van der Waals surface area (Å²) in [5.41, 5.74) is -1.73. The lowest BCUT2D eigenvalue weighted by Crippen LogP contribution is -2.61. The summed E-state index contributed by atoms with van der Waals surface area (Å²) in [5, 5.41) is 48.5. The average molecular weight is 348 g/mol. The fraction of sp³-hybridized carbons (Fsp3) is 0.875. The second-order valence-electron chi connectivity index (χ2n) is 6.99. The first-order valence-electron chi connectivity index (χ1n) is 8.10. The van der Waals surface area contributed by atoms with Crippen molar-refractivity contribution in [2.24, 2.45) is 0 Å². The first-order valence-corrected chi connectivity index (χ1v) is 8.10. The van der Waals surface area contributed by atoms with E-state index in [9.17, 15) is 25.5 Å². The summed E-state index contributed by atoms with van der Waals surface area (Å²) in [5.74, 6) is 0. The van der Waals surface area contributed by atoms with E-state index in [1.807, 2.05) is 0 Å². The normalized spacial score (nSPS) is 43.8. The quantitative estimate of drug-likeness (QED) is 0.374. The van der Waals surface area contributed by atoms with Crippen LogP contribution in [0.5, 0.6) is 0 Å². The first kappa shape index (κ1) is 19.7. The molecule has 0 aliphatic carbocycles. The molecule has 0 bridgehead atoms. The van der Waals surface area contributed by atoms with Gasteiger partial charge in [0.2, 0.25) is 0 Å². The third-order valence-electron chi connectivity index (χ3n) is 4.89. The highest BCUT2D eigenvalue weighted by Gasteiger charge is 2.50. The van der Waals surface area contributed by atoms with Crippen LogP contribution in [0.4, 0.5) is 0 Å². The van der Waals surface area contributed by atoms with E-state index in [0.717, 1.165) is 0 Å². The first-order chi connectivity index (χ1) is 11.2. The van der Waals surface area contributed by atoms with Gasteiger partial charge in [0.05, 0.1) is 24.9 Å². The average Bonchev–Trinajstić information content (AvgIpc) is 3.01. The molecule has 0 aromatic heterocycles. The molecule has 8 heteroatoms. The maximum atomic E-state index is 10.1. The minimum absolute atomic E-state index is 0.191. The summed E-state index contributed by atoms with van der Waals surface area (Å²) < 4.78 is 17.1. The van der Waals surface area contributed by atoms with Crippen molar-refractivity contribution >= 4 is 0 Å². The van der Waals surface area contributed by atoms with Gasteiger partial charge in [-0.15, -0.1) is 6.58 Å². The van der Waals surface area contributed by atoms with Crippen molar-refractivity contribution in [1.29, 1.82) is 0 Å². The summed E-state index contributed by atoms with van der Waals surface area (Å²) in [6, 6.07) is 0. The molecule has 2 rings (SSSR count). The Morgan fingerprint density at radius 3 is 2.38 bits per heavy atom. The Morgan fingerprint density at radius 1 is 1.21 bits per heavy atom. The van der Waals surface area contributed by atoms with E-state index in [1.54, 1.807) is 19.9 Å². The third-order valence-corrected chi connectivity index (χ3v) is 4.89. The summed E-state index contributed by atoms with van der Waals surface area (Å²) in [6.07, 6.45) is -4.29. The van der Waals surface area contributed by atoms with Crippen molar-refractivity contribution in [2.75, 3.05) is 13.2 Å². The van der Waals surface area contributed by atoms with Crippen LogP contribution in [0, 0.1) is 0 Å². The molecule has 0 aromatic rings. The van der Waals surface area contributed by atoms with Gasteiger partial charge >= 0.3 is 0 Å². The van der Waals surface area contributed by atoms with Crippen LogP contribution in [0.25, 0.3) is 0 Å². The number of hydrogen-bond acceptors (Lipinski definition) is 8. The van der Waals surface area contributed by atoms with Gasteiger partial charge in [0.1, 0.15) is 30.0 Å². The number of aliphatic hydroxyl groups is 5. The Hall–Kier alpha value is -0.580. The number of rotatable bonds is 6. The van der Waals surface area contributed by atoms with Crippen LogP contribution in [0.3, 0.4) is 0 Å². The predicted octanol–water partition coefficient (Wildman–Crippen LogP) is -1.32. The largest absolute Gasteiger partial charge is 0.394 e. The molecule has 7 atom stereocenters. The molecule has 0 unspecified atom stereocenters. The number of ether oxygens (including phenoxy) is 3. The molecule has 0 radical (unpaired) electrons. The SMILES string of the molecule is C=C[C@@]1(CO)CC[C@@H](C(C)(C)O[C@@H]2O[C@H](CO)[C@@H](O)[C@H](O)[C@H]2O)O1. The fourth-order valence-corrected chi connectivity index (χ4v) is 3.14. The van der Waals surface area contributed by atoms with Crippen LogP contribution in [0.1, 0.15) is 26.7 Å². The standard InChI is InChI=1S/C16H28O8/c1-4-16(8-18)6-5-10(23-16)15(2,3)24-14-13(21)12(20)11(19)9(7-17)22-14/h4,9-14,17-21H,1,5-8H2,2-3H3/t9-,10+,11-,12+,13-,14+,16+/m1/s1. The van der Waals surface area contributed by atoms with Crippen molar-refractivity contribution in [3.63, 3.8) is 0 Å². The molecule has 0 amide bonds. The Morgan fingerprint density at radius 2 is 1.88 bits per heavy atom. The molecule has 2 heterocycles. The van der Waals surface area contributed by atoms with Crippen molar-refractivity contribution in [3.8, 4) is 0 Å². The highest BCUT2D eigenvalue weighted by atomic mass is 16.7. The predicted molar refractivity (Wildman–Crippen MR) is 83.1 cm³/mol. The van der Waals surface area contributed by atoms with Crippen molar-refractivity contribution in [2.45, 2.75) is 74.7 Å². The van der Waals surface area contributed by atoms with Gasteiger partial charge in [0.25, 0.3) is 0 Å². The summed E-state index contributed by atoms with van der Waals surface area (Å²) in [6.45, 7) is 6.47. The molecule has 2 aliphatic rings. The summed E-state index contributed by atoms with van der Waals surface area (Å²) in [7, 11) is 0. The van der Waals surface area contributed by atoms with E-state index in [-0.39, 0.29) is 6.61 Å². The molecule has 0 aromatic carbocycles. The Bertz CT molecular complexity index is 440. The van der Waals surface area contributed by atoms with E-state index in [4.69, 9.17) is 14.2 Å². The summed E-state index contributed by atoms with van der Waals surface area (Å²) in [4.78, 5) is 0. The smallest absolute Gasteiger partial charge is 0.187 e. The Labute approximate surface area is 141 Å². The lowest BCUT2D eigenvalue weighted by atomic mass is 9.95. The minimum Gasteiger partial charge on any atom is -0.394 e. The molecule has 2 saturated heterocycles. The van der Waals surface area contributed by atoms with Crippen LogP contribution < -0.4 is 0 Å². The van der Waals surface area contributed by atoms with Crippen LogP contribution in [0.15, 0.2) is 12.7 Å². The van der Waals surface area contributed by atoms with Gasteiger partial charge in [-0.1, -0.05) is 6.08 Å². The van der Waals surface area contributed by atoms with Crippen LogP contribution in [-0.2, 0) is 14.2 Å². The monoisotopic (exact) mass is 348 g/mol. The van der Waals surface area contributed by atoms with E-state index >= 15 is 0 Å². The van der Waals surface area contributed by atoms with Gasteiger partial charge in [-0.3, -0.25) is 0 Å². The van der Waals surface area contributed by atoms with Crippen molar-refractivity contribution in [3.05, 3.63) is 12.7 Å². The van der Waals surface area contributed by atoms with Gasteiger partial charge < -0.3 is 39.7 Å². The van der Waals surface area contributed by atoms with Crippen LogP contribution >= 0.6 is 0 Å². The van der Waals surface area contributed by atoms with Gasteiger partial charge in [-0.05, 0) is 26.7 Å². The van der Waals surface area contributed by atoms with Crippen LogP contribution in [0.2, 0.25) is 0 Å². The van der Waals surface area contributed by atoms with Gasteiger partial charge in [-0.25, -0.2) is 0 Å². The second kappa shape index (κ2) is 7.35. The third kappa shape index (κ3) is 3.66. The highest BCUT2D eigenvalue weighted by molar-refractivity contribution is 5.05. The van der Waals surface area contributed by atoms with Gasteiger partial charge in [-0.2, -0.15) is 0 Å². The minimum atomic E-state index is -1.49. The summed E-state index contributed by atoms with van der Waals surface area (Å²) >= 11 is 0. The molecule has 0 spiro atoms. The molecule has 8 nitrogen and oxygen atoms in total. The van der Waals surface area contributed by atoms with E-state index in [1.165, 1.54) is 0 Å². The topological polar surface area (TPSA) is 129 Å². The zero-order valence-electron chi connectivity index (χ0n) is 14.0. The molecule has 2 aliphatic heterocycles. The molecule has 0 saturated carbocycles. The fourth-order valence-electron chi connectivity index (χ4n) is 3.14. The lowest BCUT2D eigenvalue weighted by Gasteiger charge is -2.44. The zero-order valence-corrected chi connectivity index (χ0v) is 14.0. The molecule has 140 valence electrons. The zero-order chi connectivity index (χ0) is 18.1. The van der Waals surface area contributed by atoms with E-state index in [2.05, 4.69) is 6.58 Å². The maximum absolute atomic E-state index is 10.1. The molecule has 2 fully saturated rings. The molecular weight excluding hydrogens is 320 g/mol. The van der Waals surface area contributed by atoms with Gasteiger partial charge in [0.15, 0.2) is 6.29 Å². The molecular formula is C16H28O8. The van der Waals surface area contributed by atoms with Gasteiger partial charge in [0, 0.05) is 0 Å². The second-order valence-corrected chi connectivity index (χ2v) is 6.99.